The van der Waals surface area contributed by atoms with Gasteiger partial charge in [0.15, 0.2) is 0 Å². The Bertz CT molecular complexity index is 559. The molecule has 0 fully saturated rings. The van der Waals surface area contributed by atoms with Crippen LogP contribution in [-0.2, 0) is 11.3 Å². The normalized spacial score (nSPS) is 10.4. The molecular weight excluding hydrogens is 280 g/mol. The molecule has 0 saturated carbocycles. The van der Waals surface area contributed by atoms with Crippen LogP contribution in [0.3, 0.4) is 0 Å². The third-order valence-electron chi connectivity index (χ3n) is 3.59. The topological polar surface area (TPSA) is 60.3 Å². The van der Waals surface area contributed by atoms with E-state index in [4.69, 9.17) is 4.74 Å². The summed E-state index contributed by atoms with van der Waals surface area (Å²) in [5.41, 5.74) is 2.40. The number of ether oxygens (including phenoxy) is 1. The van der Waals surface area contributed by atoms with E-state index in [-0.39, 0.29) is 5.91 Å². The van der Waals surface area contributed by atoms with Crippen LogP contribution in [0.25, 0.3) is 0 Å². The molecule has 1 rings (SSSR count). The number of nitrogens with zero attached hydrogens (tertiary/aromatic N) is 1. The summed E-state index contributed by atoms with van der Waals surface area (Å²) < 4.78 is 6.90. The van der Waals surface area contributed by atoms with Crippen molar-refractivity contribution in [2.75, 3.05) is 13.2 Å². The predicted molar refractivity (Wildman–Crippen MR) is 87.3 cm³/mol. The van der Waals surface area contributed by atoms with Crippen LogP contribution >= 0.6 is 0 Å². The van der Waals surface area contributed by atoms with Crippen LogP contribution in [0.5, 0.6) is 0 Å². The Balaban J connectivity index is 3.23. The lowest BCUT2D eigenvalue weighted by Gasteiger charge is -2.09. The van der Waals surface area contributed by atoms with E-state index >= 15 is 0 Å². The summed E-state index contributed by atoms with van der Waals surface area (Å²) in [6.45, 7) is 12.6. The first-order valence-corrected chi connectivity index (χ1v) is 7.75. The predicted octanol–water partition coefficient (Wildman–Crippen LogP) is 3.00. The first-order valence-electron chi connectivity index (χ1n) is 7.75. The monoisotopic (exact) mass is 306 g/mol. The first-order chi connectivity index (χ1) is 10.5. The van der Waals surface area contributed by atoms with E-state index in [9.17, 15) is 9.59 Å². The molecule has 0 aliphatic rings. The Morgan fingerprint density at radius 1 is 1.32 bits per heavy atom. The average Bonchev–Trinajstić information content (AvgIpc) is 2.71. The van der Waals surface area contributed by atoms with Crippen LogP contribution < -0.4 is 5.32 Å². The van der Waals surface area contributed by atoms with Crippen LogP contribution in [0.4, 0.5) is 0 Å². The maximum absolute atomic E-state index is 12.4. The van der Waals surface area contributed by atoms with E-state index < -0.39 is 5.97 Å². The van der Waals surface area contributed by atoms with Crippen molar-refractivity contribution in [3.05, 3.63) is 35.2 Å². The summed E-state index contributed by atoms with van der Waals surface area (Å²) in [4.78, 5) is 24.6. The summed E-state index contributed by atoms with van der Waals surface area (Å²) in [5, 5.41) is 2.90. The minimum atomic E-state index is -0.405. The zero-order chi connectivity index (χ0) is 16.7. The molecule has 1 aromatic rings. The Hall–Kier alpha value is -2.04. The van der Waals surface area contributed by atoms with Gasteiger partial charge in [0.25, 0.3) is 5.91 Å². The minimum Gasteiger partial charge on any atom is -0.461 e. The average molecular weight is 306 g/mol. The molecular formula is C17H26N2O3. The fourth-order valence-electron chi connectivity index (χ4n) is 2.52. The van der Waals surface area contributed by atoms with Crippen LogP contribution in [0.2, 0.25) is 0 Å². The summed E-state index contributed by atoms with van der Waals surface area (Å²) >= 11 is 0. The largest absolute Gasteiger partial charge is 0.461 e. The number of carbonyl (C=O) groups excluding carboxylic acids is 2. The van der Waals surface area contributed by atoms with Crippen LogP contribution in [0, 0.1) is 13.8 Å². The van der Waals surface area contributed by atoms with Crippen LogP contribution in [0.15, 0.2) is 12.7 Å². The van der Waals surface area contributed by atoms with Crippen molar-refractivity contribution in [1.29, 1.82) is 0 Å². The van der Waals surface area contributed by atoms with Crippen molar-refractivity contribution < 1.29 is 14.3 Å². The van der Waals surface area contributed by atoms with Crippen molar-refractivity contribution in [2.45, 2.75) is 47.1 Å². The molecule has 1 N–H and O–H groups in total. The molecule has 0 unspecified atom stereocenters. The van der Waals surface area contributed by atoms with Gasteiger partial charge >= 0.3 is 5.97 Å². The van der Waals surface area contributed by atoms with E-state index in [1.165, 1.54) is 0 Å². The summed E-state index contributed by atoms with van der Waals surface area (Å²) in [6.07, 6.45) is 3.65. The van der Waals surface area contributed by atoms with Gasteiger partial charge in [-0.25, -0.2) is 4.79 Å². The molecule has 122 valence electrons. The number of hydrogen-bond acceptors (Lipinski definition) is 3. The number of nitrogens with one attached hydrogen (secondary N) is 1. The summed E-state index contributed by atoms with van der Waals surface area (Å²) in [7, 11) is 0. The maximum atomic E-state index is 12.4. The van der Waals surface area contributed by atoms with E-state index in [2.05, 4.69) is 18.8 Å². The molecule has 0 aliphatic carbocycles. The third kappa shape index (κ3) is 3.78. The Morgan fingerprint density at radius 3 is 2.55 bits per heavy atom. The molecule has 0 bridgehead atoms. The van der Waals surface area contributed by atoms with Crippen molar-refractivity contribution in [2.24, 2.45) is 0 Å². The lowest BCUT2D eigenvalue weighted by atomic mass is 10.1. The minimum absolute atomic E-state index is 0.142. The molecule has 22 heavy (non-hydrogen) atoms. The van der Waals surface area contributed by atoms with Gasteiger partial charge in [-0.05, 0) is 32.8 Å². The molecule has 0 saturated heterocycles. The molecule has 0 aromatic carbocycles. The Kier molecular flexibility index (Phi) is 6.89. The molecule has 1 heterocycles. The maximum Gasteiger partial charge on any atom is 0.355 e. The fourth-order valence-corrected chi connectivity index (χ4v) is 2.52. The molecule has 0 atom stereocenters. The molecule has 5 nitrogen and oxygen atoms in total. The van der Waals surface area contributed by atoms with Gasteiger partial charge in [0.2, 0.25) is 0 Å². The highest BCUT2D eigenvalue weighted by atomic mass is 16.5. The Morgan fingerprint density at radius 2 is 2.00 bits per heavy atom. The number of unbranched alkanes of at least 4 members (excludes halogenated alkanes) is 1. The number of amides is 1. The second-order valence-corrected chi connectivity index (χ2v) is 5.16. The number of allylic oxidation sites excluding steroid dienone is 1. The van der Waals surface area contributed by atoms with Crippen molar-refractivity contribution in [3.8, 4) is 0 Å². The van der Waals surface area contributed by atoms with Crippen molar-refractivity contribution in [1.82, 2.24) is 9.88 Å². The van der Waals surface area contributed by atoms with Crippen molar-refractivity contribution >= 4 is 11.9 Å². The molecule has 0 spiro atoms. The number of rotatable bonds is 8. The molecule has 5 heteroatoms. The summed E-state index contributed by atoms with van der Waals surface area (Å²) in [5.74, 6) is -0.547. The molecule has 0 radical (unpaired) electrons. The zero-order valence-electron chi connectivity index (χ0n) is 14.0. The second kappa shape index (κ2) is 8.41. The lowest BCUT2D eigenvalue weighted by Crippen LogP contribution is -2.25. The molecule has 1 aromatic heterocycles. The zero-order valence-corrected chi connectivity index (χ0v) is 14.0. The van der Waals surface area contributed by atoms with E-state index in [0.717, 1.165) is 18.5 Å². The lowest BCUT2D eigenvalue weighted by molar-refractivity contribution is 0.0513. The van der Waals surface area contributed by atoms with Gasteiger partial charge in [0.1, 0.15) is 5.69 Å². The van der Waals surface area contributed by atoms with Gasteiger partial charge in [-0.1, -0.05) is 19.4 Å². The van der Waals surface area contributed by atoms with Gasteiger partial charge < -0.3 is 14.6 Å². The van der Waals surface area contributed by atoms with E-state index in [0.29, 0.717) is 36.5 Å². The second-order valence-electron chi connectivity index (χ2n) is 5.16. The van der Waals surface area contributed by atoms with Gasteiger partial charge in [0, 0.05) is 18.8 Å². The fraction of sp³-hybridized carbons (Fsp3) is 0.529. The highest BCUT2D eigenvalue weighted by Crippen LogP contribution is 2.23. The highest BCUT2D eigenvalue weighted by molar-refractivity contribution is 6.01. The Labute approximate surface area is 132 Å². The quantitative estimate of drug-likeness (QED) is 0.456. The third-order valence-corrected chi connectivity index (χ3v) is 3.59. The van der Waals surface area contributed by atoms with Crippen LogP contribution in [0.1, 0.15) is 58.8 Å². The number of esters is 1. The number of aromatic nitrogens is 1. The van der Waals surface area contributed by atoms with Gasteiger partial charge in [-0.2, -0.15) is 0 Å². The van der Waals surface area contributed by atoms with Gasteiger partial charge in [0.05, 0.1) is 12.2 Å². The SMILES string of the molecule is C=CCn1c(C)c(C(=O)NCCCC)c(C)c1C(=O)OCC. The molecule has 1 amide bonds. The van der Waals surface area contributed by atoms with Crippen molar-refractivity contribution in [3.63, 3.8) is 0 Å². The standard InChI is InChI=1S/C17H26N2O3/c1-6-9-10-18-16(20)14-12(4)15(17(21)22-8-3)19(11-7-2)13(14)5/h7H,2,6,8-11H2,1,3-5H3,(H,18,20). The van der Waals surface area contributed by atoms with E-state index in [1.54, 1.807) is 24.5 Å². The molecule has 0 aliphatic heterocycles. The first kappa shape index (κ1) is 18.0. The van der Waals surface area contributed by atoms with Crippen LogP contribution in [-0.4, -0.2) is 29.6 Å². The number of carbonyl (C=O) groups is 2. The van der Waals surface area contributed by atoms with Gasteiger partial charge in [-0.15, -0.1) is 6.58 Å². The van der Waals surface area contributed by atoms with Gasteiger partial charge in [-0.3, -0.25) is 4.79 Å². The highest BCUT2D eigenvalue weighted by Gasteiger charge is 2.26. The number of hydrogen-bond donors (Lipinski definition) is 1. The summed E-state index contributed by atoms with van der Waals surface area (Å²) in [6, 6.07) is 0. The van der Waals surface area contributed by atoms with E-state index in [1.807, 2.05) is 6.92 Å². The smallest absolute Gasteiger partial charge is 0.355 e.